The molecule has 0 amide bonds. The van der Waals surface area contributed by atoms with Crippen molar-refractivity contribution in [2.75, 3.05) is 0 Å². The maximum atomic E-state index is 9.28. The van der Waals surface area contributed by atoms with Gasteiger partial charge in [0.05, 0.1) is 0 Å². The number of hydrogen-bond acceptors (Lipinski definition) is 3. The third kappa shape index (κ3) is 1.63. The topological polar surface area (TPSA) is 50.9 Å². The minimum absolute atomic E-state index is 0.615. The molecule has 0 bridgehead atoms. The van der Waals surface area contributed by atoms with Crippen molar-refractivity contribution in [1.82, 2.24) is 15.2 Å². The summed E-state index contributed by atoms with van der Waals surface area (Å²) in [6.45, 7) is 2.05. The van der Waals surface area contributed by atoms with E-state index in [1.807, 2.05) is 43.3 Å². The minimum Gasteiger partial charge on any atom is -0.396 e. The molecule has 0 saturated carbocycles. The van der Waals surface area contributed by atoms with E-state index in [1.54, 1.807) is 0 Å². The van der Waals surface area contributed by atoms with Crippen molar-refractivity contribution in [2.24, 2.45) is 0 Å². The Labute approximate surface area is 98.1 Å². The predicted octanol–water partition coefficient (Wildman–Crippen LogP) is 2.64. The molecular formula is C13H11N3O. The molecule has 1 aromatic heterocycles. The quantitative estimate of drug-likeness (QED) is 0.648. The maximum absolute atomic E-state index is 9.28. The third-order valence-corrected chi connectivity index (χ3v) is 2.73. The van der Waals surface area contributed by atoms with E-state index in [1.165, 1.54) is 5.56 Å². The average Bonchev–Trinajstić information content (AvgIpc) is 2.68. The van der Waals surface area contributed by atoms with E-state index in [-0.39, 0.29) is 0 Å². The summed E-state index contributed by atoms with van der Waals surface area (Å²) < 4.78 is 0. The summed E-state index contributed by atoms with van der Waals surface area (Å²) in [5.41, 5.74) is 4.64. The Morgan fingerprint density at radius 3 is 2.71 bits per heavy atom. The lowest BCUT2D eigenvalue weighted by atomic mass is 10.0. The van der Waals surface area contributed by atoms with Crippen molar-refractivity contribution in [3.05, 3.63) is 48.0 Å². The SMILES string of the molecule is Cc1cccc(-c2cccc3nn(O)nc23)c1. The fourth-order valence-electron chi connectivity index (χ4n) is 1.97. The molecule has 1 heterocycles. The van der Waals surface area contributed by atoms with Crippen molar-refractivity contribution in [1.29, 1.82) is 0 Å². The van der Waals surface area contributed by atoms with Gasteiger partial charge in [0.15, 0.2) is 0 Å². The highest BCUT2D eigenvalue weighted by molar-refractivity contribution is 5.91. The van der Waals surface area contributed by atoms with Crippen LogP contribution in [0.25, 0.3) is 22.2 Å². The highest BCUT2D eigenvalue weighted by atomic mass is 16.5. The Hall–Kier alpha value is -2.36. The van der Waals surface area contributed by atoms with Gasteiger partial charge in [0.1, 0.15) is 11.0 Å². The van der Waals surface area contributed by atoms with E-state index in [9.17, 15) is 5.21 Å². The van der Waals surface area contributed by atoms with E-state index in [0.717, 1.165) is 11.1 Å². The number of hydrogen-bond donors (Lipinski definition) is 1. The monoisotopic (exact) mass is 225 g/mol. The van der Waals surface area contributed by atoms with E-state index in [4.69, 9.17) is 0 Å². The molecule has 0 spiro atoms. The zero-order valence-electron chi connectivity index (χ0n) is 9.33. The fourth-order valence-corrected chi connectivity index (χ4v) is 1.97. The summed E-state index contributed by atoms with van der Waals surface area (Å²) in [7, 11) is 0. The van der Waals surface area contributed by atoms with Gasteiger partial charge in [0, 0.05) is 5.56 Å². The summed E-state index contributed by atoms with van der Waals surface area (Å²) in [5.74, 6) is 0. The largest absolute Gasteiger partial charge is 0.396 e. The smallest absolute Gasteiger partial charge is 0.124 e. The van der Waals surface area contributed by atoms with Gasteiger partial charge in [0.25, 0.3) is 0 Å². The zero-order valence-corrected chi connectivity index (χ0v) is 9.33. The van der Waals surface area contributed by atoms with Crippen LogP contribution in [0.4, 0.5) is 0 Å². The van der Waals surface area contributed by atoms with Crippen LogP contribution in [0.3, 0.4) is 0 Å². The Morgan fingerprint density at radius 1 is 1.06 bits per heavy atom. The van der Waals surface area contributed by atoms with Gasteiger partial charge in [-0.1, -0.05) is 42.0 Å². The van der Waals surface area contributed by atoms with Gasteiger partial charge in [-0.15, -0.1) is 10.2 Å². The van der Waals surface area contributed by atoms with Crippen molar-refractivity contribution < 1.29 is 5.21 Å². The van der Waals surface area contributed by atoms with Gasteiger partial charge in [-0.3, -0.25) is 0 Å². The molecule has 0 unspecified atom stereocenters. The second-order valence-corrected chi connectivity index (χ2v) is 4.01. The molecule has 0 aliphatic carbocycles. The average molecular weight is 225 g/mol. The molecule has 4 heteroatoms. The van der Waals surface area contributed by atoms with Gasteiger partial charge >= 0.3 is 0 Å². The highest BCUT2D eigenvalue weighted by Crippen LogP contribution is 2.26. The first-order valence-electron chi connectivity index (χ1n) is 5.36. The number of aromatic nitrogens is 3. The number of aryl methyl sites for hydroxylation is 1. The Balaban J connectivity index is 2.30. The van der Waals surface area contributed by atoms with Crippen LogP contribution in [0, 0.1) is 6.92 Å². The molecule has 0 atom stereocenters. The van der Waals surface area contributed by atoms with Crippen molar-refractivity contribution in [3.63, 3.8) is 0 Å². The summed E-state index contributed by atoms with van der Waals surface area (Å²) >= 11 is 0. The second-order valence-electron chi connectivity index (χ2n) is 4.01. The van der Waals surface area contributed by atoms with Crippen LogP contribution in [0.1, 0.15) is 5.56 Å². The lowest BCUT2D eigenvalue weighted by Crippen LogP contribution is -1.93. The molecule has 84 valence electrons. The van der Waals surface area contributed by atoms with Crippen molar-refractivity contribution in [2.45, 2.75) is 6.92 Å². The Bertz CT molecular complexity index is 688. The molecule has 0 saturated heterocycles. The Morgan fingerprint density at radius 2 is 1.88 bits per heavy atom. The van der Waals surface area contributed by atoms with Gasteiger partial charge < -0.3 is 5.21 Å². The summed E-state index contributed by atoms with van der Waals surface area (Å²) in [6, 6.07) is 13.9. The Kier molecular flexibility index (Phi) is 2.08. The van der Waals surface area contributed by atoms with Crippen LogP contribution in [-0.2, 0) is 0 Å². The fraction of sp³-hybridized carbons (Fsp3) is 0.0769. The molecule has 2 aromatic carbocycles. The molecule has 1 N–H and O–H groups in total. The van der Waals surface area contributed by atoms with Crippen LogP contribution in [0.5, 0.6) is 0 Å². The zero-order chi connectivity index (χ0) is 11.8. The third-order valence-electron chi connectivity index (χ3n) is 2.73. The second kappa shape index (κ2) is 3.59. The molecule has 17 heavy (non-hydrogen) atoms. The lowest BCUT2D eigenvalue weighted by molar-refractivity contribution is 0.113. The van der Waals surface area contributed by atoms with E-state index >= 15 is 0 Å². The molecule has 3 aromatic rings. The molecule has 0 fully saturated rings. The van der Waals surface area contributed by atoms with Gasteiger partial charge in [-0.2, -0.15) is 0 Å². The highest BCUT2D eigenvalue weighted by Gasteiger charge is 2.08. The van der Waals surface area contributed by atoms with Crippen LogP contribution in [-0.4, -0.2) is 20.4 Å². The number of rotatable bonds is 1. The standard InChI is InChI=1S/C13H11N3O/c1-9-4-2-5-10(8-9)11-6-3-7-12-13(11)15-16(17)14-12/h2-8,17H,1H3. The van der Waals surface area contributed by atoms with Crippen LogP contribution in [0.2, 0.25) is 0 Å². The maximum Gasteiger partial charge on any atom is 0.124 e. The first-order valence-corrected chi connectivity index (χ1v) is 5.36. The van der Waals surface area contributed by atoms with E-state index < -0.39 is 0 Å². The predicted molar refractivity (Wildman–Crippen MR) is 64.9 cm³/mol. The van der Waals surface area contributed by atoms with Gasteiger partial charge in [0.2, 0.25) is 0 Å². The molecule has 4 nitrogen and oxygen atoms in total. The molecule has 3 rings (SSSR count). The van der Waals surface area contributed by atoms with Crippen LogP contribution >= 0.6 is 0 Å². The lowest BCUT2D eigenvalue weighted by Gasteiger charge is -2.02. The molecule has 0 aliphatic heterocycles. The van der Waals surface area contributed by atoms with E-state index in [0.29, 0.717) is 16.0 Å². The van der Waals surface area contributed by atoms with Gasteiger partial charge in [-0.05, 0) is 23.5 Å². The summed E-state index contributed by atoms with van der Waals surface area (Å²) in [5, 5.41) is 17.1. The summed E-state index contributed by atoms with van der Waals surface area (Å²) in [4.78, 5) is 0.615. The molecule has 0 radical (unpaired) electrons. The van der Waals surface area contributed by atoms with Crippen LogP contribution < -0.4 is 0 Å². The number of nitrogens with zero attached hydrogens (tertiary/aromatic N) is 3. The summed E-state index contributed by atoms with van der Waals surface area (Å²) in [6.07, 6.45) is 0. The normalized spacial score (nSPS) is 10.9. The minimum atomic E-state index is 0.615. The number of benzene rings is 2. The van der Waals surface area contributed by atoms with Crippen molar-refractivity contribution >= 4 is 11.0 Å². The van der Waals surface area contributed by atoms with E-state index in [2.05, 4.69) is 16.3 Å². The number of fused-ring (bicyclic) bond motifs is 1. The first kappa shape index (κ1) is 9.84. The first-order chi connectivity index (χ1) is 8.24. The molecular weight excluding hydrogens is 214 g/mol. The van der Waals surface area contributed by atoms with Gasteiger partial charge in [-0.25, -0.2) is 0 Å². The molecule has 0 aliphatic rings. The van der Waals surface area contributed by atoms with Crippen LogP contribution in [0.15, 0.2) is 42.5 Å². The van der Waals surface area contributed by atoms with Crippen molar-refractivity contribution in [3.8, 4) is 11.1 Å².